The van der Waals surface area contributed by atoms with Gasteiger partial charge in [0.2, 0.25) is 18.5 Å². The van der Waals surface area contributed by atoms with E-state index in [0.29, 0.717) is 45.8 Å². The maximum Gasteiger partial charge on any atom is 0.231 e. The van der Waals surface area contributed by atoms with Gasteiger partial charge in [-0.2, -0.15) is 0 Å². The third kappa shape index (κ3) is 4.03. The lowest BCUT2D eigenvalue weighted by Crippen LogP contribution is -2.60. The van der Waals surface area contributed by atoms with Crippen LogP contribution in [-0.4, -0.2) is 64.5 Å². The molecule has 0 saturated carbocycles. The Morgan fingerprint density at radius 1 is 1.03 bits per heavy atom. The van der Waals surface area contributed by atoms with Crippen LogP contribution < -0.4 is 19.6 Å². The molecule has 0 aliphatic carbocycles. The lowest BCUT2D eigenvalue weighted by molar-refractivity contribution is -0.277. The average Bonchev–Trinajstić information content (AvgIpc) is 3.32. The zero-order chi connectivity index (χ0) is 24.9. The molecule has 0 radical (unpaired) electrons. The van der Waals surface area contributed by atoms with Crippen molar-refractivity contribution >= 4 is 11.0 Å². The molecule has 0 amide bonds. The summed E-state index contributed by atoms with van der Waals surface area (Å²) in [5, 5.41) is 40.2. The Kier molecular flexibility index (Phi) is 6.16. The summed E-state index contributed by atoms with van der Waals surface area (Å²) in [6, 6.07) is 8.46. The lowest BCUT2D eigenvalue weighted by atomic mass is 9.99. The summed E-state index contributed by atoms with van der Waals surface area (Å²) in [7, 11) is 0. The number of rotatable bonds is 5. The SMILES string of the molecule is CCc1cc2c(=O)c(-c3ccc4c(c3)OCO4)c(C)oc2cc1O[C@H]1O[C@@H](CO)[C@@H](O)[C@H](O)[C@H]1O. The highest BCUT2D eigenvalue weighted by atomic mass is 16.7. The zero-order valence-corrected chi connectivity index (χ0v) is 19.1. The summed E-state index contributed by atoms with van der Waals surface area (Å²) < 4.78 is 28.1. The van der Waals surface area contributed by atoms with E-state index in [1.54, 1.807) is 31.2 Å². The molecule has 35 heavy (non-hydrogen) atoms. The first-order valence-electron chi connectivity index (χ1n) is 11.3. The van der Waals surface area contributed by atoms with E-state index in [2.05, 4.69) is 0 Å². The molecular formula is C25H26O10. The molecule has 5 atom stereocenters. The average molecular weight is 486 g/mol. The molecule has 1 saturated heterocycles. The monoisotopic (exact) mass is 486 g/mol. The number of fused-ring (bicyclic) bond motifs is 2. The first-order chi connectivity index (χ1) is 16.8. The van der Waals surface area contributed by atoms with E-state index in [1.165, 1.54) is 6.07 Å². The highest BCUT2D eigenvalue weighted by Gasteiger charge is 2.45. The number of hydrogen-bond acceptors (Lipinski definition) is 10. The second kappa shape index (κ2) is 9.14. The van der Waals surface area contributed by atoms with Crippen LogP contribution >= 0.6 is 0 Å². The summed E-state index contributed by atoms with van der Waals surface area (Å²) >= 11 is 0. The largest absolute Gasteiger partial charge is 0.462 e. The van der Waals surface area contributed by atoms with E-state index in [-0.39, 0.29) is 23.6 Å². The Morgan fingerprint density at radius 3 is 2.54 bits per heavy atom. The quantitative estimate of drug-likeness (QED) is 0.415. The fraction of sp³-hybridized carbons (Fsp3) is 0.400. The van der Waals surface area contributed by atoms with Crippen LogP contribution in [0.15, 0.2) is 39.5 Å². The minimum absolute atomic E-state index is 0.126. The molecular weight excluding hydrogens is 460 g/mol. The number of aryl methyl sites for hydroxylation is 2. The normalized spacial score (nSPS) is 25.7. The van der Waals surface area contributed by atoms with Crippen LogP contribution in [-0.2, 0) is 11.2 Å². The highest BCUT2D eigenvalue weighted by molar-refractivity contribution is 5.85. The molecule has 0 spiro atoms. The first-order valence-corrected chi connectivity index (χ1v) is 11.3. The van der Waals surface area contributed by atoms with Crippen molar-refractivity contribution in [1.29, 1.82) is 0 Å². The second-order valence-corrected chi connectivity index (χ2v) is 8.56. The molecule has 3 heterocycles. The maximum atomic E-state index is 13.5. The van der Waals surface area contributed by atoms with Crippen molar-refractivity contribution in [2.75, 3.05) is 13.4 Å². The van der Waals surface area contributed by atoms with Crippen LogP contribution in [0.5, 0.6) is 17.2 Å². The second-order valence-electron chi connectivity index (χ2n) is 8.56. The number of hydrogen-bond donors (Lipinski definition) is 4. The van der Waals surface area contributed by atoms with Crippen LogP contribution in [0.25, 0.3) is 22.1 Å². The van der Waals surface area contributed by atoms with E-state index < -0.39 is 37.3 Å². The van der Waals surface area contributed by atoms with Gasteiger partial charge in [-0.15, -0.1) is 0 Å². The van der Waals surface area contributed by atoms with Gasteiger partial charge in [0.25, 0.3) is 0 Å². The number of aliphatic hydroxyl groups excluding tert-OH is 4. The van der Waals surface area contributed by atoms with Crippen LogP contribution in [0, 0.1) is 6.92 Å². The summed E-state index contributed by atoms with van der Waals surface area (Å²) in [5.41, 5.74) is 1.73. The Labute approximate surface area is 199 Å². The van der Waals surface area contributed by atoms with Gasteiger partial charge in [-0.3, -0.25) is 4.79 Å². The molecule has 1 fully saturated rings. The van der Waals surface area contributed by atoms with Crippen molar-refractivity contribution < 1.29 is 43.8 Å². The molecule has 2 aliphatic rings. The summed E-state index contributed by atoms with van der Waals surface area (Å²) in [6.45, 7) is 3.11. The summed E-state index contributed by atoms with van der Waals surface area (Å²) in [5.74, 6) is 1.84. The van der Waals surface area contributed by atoms with Gasteiger partial charge in [-0.05, 0) is 42.7 Å². The molecule has 10 nitrogen and oxygen atoms in total. The summed E-state index contributed by atoms with van der Waals surface area (Å²) in [6.07, 6.45) is -6.60. The van der Waals surface area contributed by atoms with Crippen molar-refractivity contribution in [3.63, 3.8) is 0 Å². The Hall–Kier alpha value is -3.15. The zero-order valence-electron chi connectivity index (χ0n) is 19.1. The van der Waals surface area contributed by atoms with Crippen molar-refractivity contribution in [1.82, 2.24) is 0 Å². The minimum atomic E-state index is -1.57. The fourth-order valence-electron chi connectivity index (χ4n) is 4.44. The molecule has 2 aliphatic heterocycles. The van der Waals surface area contributed by atoms with Gasteiger partial charge >= 0.3 is 0 Å². The first kappa shape index (κ1) is 23.6. The molecule has 4 N–H and O–H groups in total. The Balaban J connectivity index is 1.54. The topological polar surface area (TPSA) is 148 Å². The van der Waals surface area contributed by atoms with Crippen LogP contribution in [0.2, 0.25) is 0 Å². The van der Waals surface area contributed by atoms with E-state index in [1.807, 2.05) is 6.92 Å². The molecule has 0 unspecified atom stereocenters. The predicted molar refractivity (Wildman–Crippen MR) is 123 cm³/mol. The number of aliphatic hydroxyl groups is 4. The standard InChI is InChI=1S/C25H26O10/c1-3-12-6-14-17(8-16(12)34-25-24(30)23(29)22(28)19(9-26)35-25)33-11(2)20(21(14)27)13-4-5-15-18(7-13)32-10-31-15/h4-8,19,22-26,28-30H,3,9-10H2,1-2H3/t19-,22+,23-,24+,25-/m0/s1. The predicted octanol–water partition coefficient (Wildman–Crippen LogP) is 1.24. The van der Waals surface area contributed by atoms with E-state index >= 15 is 0 Å². The molecule has 2 aromatic carbocycles. The third-order valence-corrected chi connectivity index (χ3v) is 6.38. The summed E-state index contributed by atoms with van der Waals surface area (Å²) in [4.78, 5) is 13.5. The van der Waals surface area contributed by atoms with E-state index in [4.69, 9.17) is 23.4 Å². The van der Waals surface area contributed by atoms with Gasteiger partial charge in [-0.25, -0.2) is 0 Å². The van der Waals surface area contributed by atoms with Gasteiger partial charge in [-0.1, -0.05) is 13.0 Å². The third-order valence-electron chi connectivity index (χ3n) is 6.38. The van der Waals surface area contributed by atoms with Crippen molar-refractivity contribution in [3.8, 4) is 28.4 Å². The molecule has 10 heteroatoms. The van der Waals surface area contributed by atoms with Gasteiger partial charge < -0.3 is 43.8 Å². The fourth-order valence-corrected chi connectivity index (χ4v) is 4.44. The van der Waals surface area contributed by atoms with Gasteiger partial charge in [0, 0.05) is 6.07 Å². The van der Waals surface area contributed by atoms with Crippen LogP contribution in [0.3, 0.4) is 0 Å². The molecule has 5 rings (SSSR count). The number of ether oxygens (including phenoxy) is 4. The number of benzene rings is 2. The van der Waals surface area contributed by atoms with Gasteiger partial charge in [0.15, 0.2) is 11.5 Å². The van der Waals surface area contributed by atoms with Crippen LogP contribution in [0.4, 0.5) is 0 Å². The molecule has 3 aromatic rings. The Bertz CT molecular complexity index is 1310. The van der Waals surface area contributed by atoms with Gasteiger partial charge in [0.1, 0.15) is 41.5 Å². The maximum absolute atomic E-state index is 13.5. The van der Waals surface area contributed by atoms with Crippen molar-refractivity contribution in [3.05, 3.63) is 51.9 Å². The smallest absolute Gasteiger partial charge is 0.231 e. The highest BCUT2D eigenvalue weighted by Crippen LogP contribution is 2.37. The van der Waals surface area contributed by atoms with Crippen LogP contribution in [0.1, 0.15) is 18.2 Å². The molecule has 186 valence electrons. The minimum Gasteiger partial charge on any atom is -0.462 e. The lowest BCUT2D eigenvalue weighted by Gasteiger charge is -2.39. The van der Waals surface area contributed by atoms with Crippen molar-refractivity contribution in [2.24, 2.45) is 0 Å². The van der Waals surface area contributed by atoms with E-state index in [0.717, 1.165) is 0 Å². The van der Waals surface area contributed by atoms with Crippen molar-refractivity contribution in [2.45, 2.75) is 51.0 Å². The molecule has 0 bridgehead atoms. The van der Waals surface area contributed by atoms with E-state index in [9.17, 15) is 25.2 Å². The Morgan fingerprint density at radius 2 is 1.80 bits per heavy atom. The molecule has 1 aromatic heterocycles. The van der Waals surface area contributed by atoms with Gasteiger partial charge in [0.05, 0.1) is 17.6 Å².